The van der Waals surface area contributed by atoms with E-state index in [1.54, 1.807) is 18.2 Å². The van der Waals surface area contributed by atoms with Crippen LogP contribution in [-0.2, 0) is 20.8 Å². The van der Waals surface area contributed by atoms with Gasteiger partial charge in [0.1, 0.15) is 11.8 Å². The van der Waals surface area contributed by atoms with Crippen LogP contribution in [0.1, 0.15) is 25.8 Å². The predicted molar refractivity (Wildman–Crippen MR) is 93.7 cm³/mol. The lowest BCUT2D eigenvalue weighted by atomic mass is 10.0. The first-order valence-corrected chi connectivity index (χ1v) is 8.22. The minimum atomic E-state index is -1.10. The molecule has 0 bridgehead atoms. The highest BCUT2D eigenvalue weighted by molar-refractivity contribution is 6.31. The smallest absolute Gasteiger partial charge is 0.326 e. The van der Waals surface area contributed by atoms with E-state index in [1.807, 2.05) is 13.8 Å². The van der Waals surface area contributed by atoms with Crippen LogP contribution >= 0.6 is 11.6 Å². The highest BCUT2D eigenvalue weighted by Gasteiger charge is 2.21. The van der Waals surface area contributed by atoms with Crippen molar-refractivity contribution in [3.05, 3.63) is 28.8 Å². The van der Waals surface area contributed by atoms with Gasteiger partial charge in [-0.05, 0) is 24.5 Å². The van der Waals surface area contributed by atoms with Crippen molar-refractivity contribution in [2.24, 2.45) is 5.92 Å². The first kappa shape index (κ1) is 20.8. The largest absolute Gasteiger partial charge is 0.496 e. The number of aliphatic carboxylic acids is 1. The second kappa shape index (κ2) is 9.88. The monoisotopic (exact) mass is 370 g/mol. The Labute approximate surface area is 151 Å². The summed E-state index contributed by atoms with van der Waals surface area (Å²) in [6, 6.07) is 4.05. The molecule has 0 saturated carbocycles. The maximum Gasteiger partial charge on any atom is 0.326 e. The van der Waals surface area contributed by atoms with Crippen molar-refractivity contribution in [3.8, 4) is 5.75 Å². The summed E-state index contributed by atoms with van der Waals surface area (Å²) in [5, 5.41) is 14.3. The number of methoxy groups -OCH3 is 1. The average molecular weight is 371 g/mol. The van der Waals surface area contributed by atoms with Crippen molar-refractivity contribution in [1.29, 1.82) is 0 Å². The van der Waals surface area contributed by atoms with Crippen LogP contribution in [0.25, 0.3) is 0 Å². The quantitative estimate of drug-likeness (QED) is 0.612. The second-order valence-corrected chi connectivity index (χ2v) is 6.37. The van der Waals surface area contributed by atoms with E-state index in [-0.39, 0.29) is 18.9 Å². The number of hydrogen-bond acceptors (Lipinski definition) is 4. The fraction of sp³-hybridized carbons (Fsp3) is 0.471. The molecule has 1 rings (SSSR count). The molecule has 0 aliphatic heterocycles. The van der Waals surface area contributed by atoms with Gasteiger partial charge < -0.3 is 20.5 Å². The SMILES string of the molecule is COc1cccc(Cl)c1CC(=O)NCC(=O)N[C@@H](CC(C)C)C(=O)O. The maximum atomic E-state index is 12.0. The number of hydrogen-bond donors (Lipinski definition) is 3. The Morgan fingerprint density at radius 2 is 1.92 bits per heavy atom. The Hall–Kier alpha value is -2.28. The second-order valence-electron chi connectivity index (χ2n) is 5.96. The molecule has 25 heavy (non-hydrogen) atoms. The van der Waals surface area contributed by atoms with Crippen LogP contribution in [-0.4, -0.2) is 42.6 Å². The number of carbonyl (C=O) groups is 3. The number of halogens is 1. The zero-order chi connectivity index (χ0) is 19.0. The molecule has 0 heterocycles. The fourth-order valence-electron chi connectivity index (χ4n) is 2.24. The van der Waals surface area contributed by atoms with Gasteiger partial charge in [-0.25, -0.2) is 4.79 Å². The molecule has 0 aromatic heterocycles. The number of carbonyl (C=O) groups excluding carboxylic acids is 2. The van der Waals surface area contributed by atoms with Crippen LogP contribution < -0.4 is 15.4 Å². The minimum Gasteiger partial charge on any atom is -0.496 e. The fourth-order valence-corrected chi connectivity index (χ4v) is 2.47. The number of carboxylic acid groups (broad SMARTS) is 1. The first-order chi connectivity index (χ1) is 11.7. The van der Waals surface area contributed by atoms with Gasteiger partial charge in [-0.2, -0.15) is 0 Å². The first-order valence-electron chi connectivity index (χ1n) is 7.84. The normalized spacial score (nSPS) is 11.7. The van der Waals surface area contributed by atoms with E-state index in [2.05, 4.69) is 10.6 Å². The standard InChI is InChI=1S/C17H23ClN2O5/c1-10(2)7-13(17(23)24)20-16(22)9-19-15(21)8-11-12(18)5-4-6-14(11)25-3/h4-6,10,13H,7-9H2,1-3H3,(H,19,21)(H,20,22)(H,23,24)/t13-/m0/s1. The van der Waals surface area contributed by atoms with Gasteiger partial charge in [0.05, 0.1) is 20.1 Å². The Balaban J connectivity index is 2.56. The molecule has 1 atom stereocenters. The molecule has 0 fully saturated rings. The topological polar surface area (TPSA) is 105 Å². The van der Waals surface area contributed by atoms with Crippen LogP contribution in [0.4, 0.5) is 0 Å². The number of carboxylic acids is 1. The van der Waals surface area contributed by atoms with Crippen LogP contribution in [0.5, 0.6) is 5.75 Å². The summed E-state index contributed by atoms with van der Waals surface area (Å²) in [5.74, 6) is -1.49. The zero-order valence-electron chi connectivity index (χ0n) is 14.5. The molecule has 0 aliphatic rings. The lowest BCUT2D eigenvalue weighted by Gasteiger charge is -2.16. The number of amides is 2. The molecular weight excluding hydrogens is 348 g/mol. The molecule has 8 heteroatoms. The molecule has 0 spiro atoms. The number of nitrogens with one attached hydrogen (secondary N) is 2. The van der Waals surface area contributed by atoms with Gasteiger partial charge in [0.25, 0.3) is 0 Å². The highest BCUT2D eigenvalue weighted by atomic mass is 35.5. The Bertz CT molecular complexity index is 633. The van der Waals surface area contributed by atoms with Crippen LogP contribution in [0.2, 0.25) is 5.02 Å². The van der Waals surface area contributed by atoms with Crippen molar-refractivity contribution >= 4 is 29.4 Å². The molecule has 1 aromatic rings. The van der Waals surface area contributed by atoms with E-state index in [1.165, 1.54) is 7.11 Å². The summed E-state index contributed by atoms with van der Waals surface area (Å²) in [6.07, 6.45) is 0.260. The third-order valence-corrected chi connectivity index (χ3v) is 3.77. The van der Waals surface area contributed by atoms with Crippen molar-refractivity contribution < 1.29 is 24.2 Å². The molecule has 0 aliphatic carbocycles. The Morgan fingerprint density at radius 3 is 2.48 bits per heavy atom. The predicted octanol–water partition coefficient (Wildman–Crippen LogP) is 1.62. The summed E-state index contributed by atoms with van der Waals surface area (Å²) in [7, 11) is 1.47. The molecular formula is C17H23ClN2O5. The van der Waals surface area contributed by atoms with Crippen molar-refractivity contribution in [1.82, 2.24) is 10.6 Å². The number of ether oxygens (including phenoxy) is 1. The molecule has 138 valence electrons. The van der Waals surface area contributed by atoms with E-state index >= 15 is 0 Å². The molecule has 0 unspecified atom stereocenters. The molecule has 3 N–H and O–H groups in total. The van der Waals surface area contributed by atoms with Crippen molar-refractivity contribution in [2.75, 3.05) is 13.7 Å². The Kier molecular flexibility index (Phi) is 8.21. The van der Waals surface area contributed by atoms with E-state index in [0.29, 0.717) is 22.8 Å². The van der Waals surface area contributed by atoms with Crippen LogP contribution in [0.15, 0.2) is 18.2 Å². The summed E-state index contributed by atoms with van der Waals surface area (Å²) in [5.41, 5.74) is 0.521. The van der Waals surface area contributed by atoms with Gasteiger partial charge in [0.2, 0.25) is 11.8 Å². The number of benzene rings is 1. The van der Waals surface area contributed by atoms with Gasteiger partial charge >= 0.3 is 5.97 Å². The molecule has 0 radical (unpaired) electrons. The third kappa shape index (κ3) is 7.01. The third-order valence-electron chi connectivity index (χ3n) is 3.42. The molecule has 2 amide bonds. The van der Waals surface area contributed by atoms with Gasteiger partial charge in [-0.3, -0.25) is 9.59 Å². The van der Waals surface area contributed by atoms with E-state index < -0.39 is 23.8 Å². The highest BCUT2D eigenvalue weighted by Crippen LogP contribution is 2.26. The average Bonchev–Trinajstić information content (AvgIpc) is 2.53. The van der Waals surface area contributed by atoms with Gasteiger partial charge in [-0.15, -0.1) is 0 Å². The summed E-state index contributed by atoms with van der Waals surface area (Å²) in [6.45, 7) is 3.41. The lowest BCUT2D eigenvalue weighted by Crippen LogP contribution is -2.46. The minimum absolute atomic E-state index is 0.0511. The van der Waals surface area contributed by atoms with Crippen molar-refractivity contribution in [3.63, 3.8) is 0 Å². The van der Waals surface area contributed by atoms with E-state index in [4.69, 9.17) is 21.4 Å². The van der Waals surface area contributed by atoms with Crippen LogP contribution in [0, 0.1) is 5.92 Å². The molecule has 0 saturated heterocycles. The van der Waals surface area contributed by atoms with E-state index in [0.717, 1.165) is 0 Å². The van der Waals surface area contributed by atoms with E-state index in [9.17, 15) is 14.4 Å². The van der Waals surface area contributed by atoms with Gasteiger partial charge in [-0.1, -0.05) is 31.5 Å². The summed E-state index contributed by atoms with van der Waals surface area (Å²) >= 11 is 6.06. The number of rotatable bonds is 9. The molecule has 7 nitrogen and oxygen atoms in total. The zero-order valence-corrected chi connectivity index (χ0v) is 15.2. The Morgan fingerprint density at radius 1 is 1.24 bits per heavy atom. The lowest BCUT2D eigenvalue weighted by molar-refractivity contribution is -0.142. The molecule has 1 aromatic carbocycles. The van der Waals surface area contributed by atoms with Crippen LogP contribution in [0.3, 0.4) is 0 Å². The maximum absolute atomic E-state index is 12.0. The summed E-state index contributed by atoms with van der Waals surface area (Å²) < 4.78 is 5.16. The van der Waals surface area contributed by atoms with Gasteiger partial charge in [0, 0.05) is 10.6 Å². The summed E-state index contributed by atoms with van der Waals surface area (Å²) in [4.78, 5) is 35.0. The van der Waals surface area contributed by atoms with Crippen molar-refractivity contribution in [2.45, 2.75) is 32.7 Å². The van der Waals surface area contributed by atoms with Gasteiger partial charge in [0.15, 0.2) is 0 Å².